The first-order valence-electron chi connectivity index (χ1n) is 8.68. The van der Waals surface area contributed by atoms with Crippen molar-refractivity contribution in [2.24, 2.45) is 0 Å². The lowest BCUT2D eigenvalue weighted by atomic mass is 10.2. The van der Waals surface area contributed by atoms with E-state index in [0.717, 1.165) is 5.56 Å². The van der Waals surface area contributed by atoms with Gasteiger partial charge in [0, 0.05) is 12.1 Å². The highest BCUT2D eigenvalue weighted by Crippen LogP contribution is 2.29. The molecule has 0 unspecified atom stereocenters. The Kier molecular flexibility index (Phi) is 5.84. The van der Waals surface area contributed by atoms with Crippen LogP contribution in [0.5, 0.6) is 5.75 Å². The molecule has 0 radical (unpaired) electrons. The number of nitrogens with one attached hydrogen (secondary N) is 1. The van der Waals surface area contributed by atoms with Gasteiger partial charge in [-0.1, -0.05) is 17.7 Å². The van der Waals surface area contributed by atoms with Crippen LogP contribution in [0.2, 0.25) is 0 Å². The first kappa shape index (κ1) is 19.7. The van der Waals surface area contributed by atoms with Gasteiger partial charge in [-0.25, -0.2) is 8.42 Å². The maximum atomic E-state index is 13.1. The van der Waals surface area contributed by atoms with Gasteiger partial charge in [0.2, 0.25) is 0 Å². The first-order chi connectivity index (χ1) is 13.4. The second-order valence-corrected chi connectivity index (χ2v) is 8.43. The second-order valence-electron chi connectivity index (χ2n) is 6.30. The molecule has 0 bridgehead atoms. The number of amides is 1. The molecule has 0 saturated carbocycles. The summed E-state index contributed by atoms with van der Waals surface area (Å²) in [6.45, 7) is 1.77. The monoisotopic (exact) mass is 399 g/mol. The molecular formula is C21H21NO5S. The lowest BCUT2D eigenvalue weighted by Crippen LogP contribution is -2.31. The Balaban J connectivity index is 1.83. The molecule has 0 saturated heterocycles. The zero-order chi connectivity index (χ0) is 20.1. The number of sulfone groups is 1. The van der Waals surface area contributed by atoms with Crippen LogP contribution in [0.15, 0.2) is 76.2 Å². The van der Waals surface area contributed by atoms with Crippen molar-refractivity contribution in [3.8, 4) is 5.75 Å². The van der Waals surface area contributed by atoms with E-state index in [-0.39, 0.29) is 23.1 Å². The molecule has 146 valence electrons. The number of carbonyl (C=O) groups excluding carboxylic acids is 1. The summed E-state index contributed by atoms with van der Waals surface area (Å²) in [5, 5.41) is 1.66. The smallest absolute Gasteiger partial charge is 0.251 e. The van der Waals surface area contributed by atoms with E-state index in [2.05, 4.69) is 5.32 Å². The lowest BCUT2D eigenvalue weighted by molar-refractivity contribution is 0.0953. The van der Waals surface area contributed by atoms with Crippen LogP contribution >= 0.6 is 0 Å². The van der Waals surface area contributed by atoms with Crippen LogP contribution in [0.4, 0.5) is 0 Å². The fourth-order valence-corrected chi connectivity index (χ4v) is 4.35. The van der Waals surface area contributed by atoms with E-state index in [1.807, 2.05) is 6.92 Å². The fourth-order valence-electron chi connectivity index (χ4n) is 2.76. The number of ether oxygens (including phenoxy) is 1. The SMILES string of the molecule is COc1ccc(C(=O)NC[C@@H](c2ccco2)S(=O)(=O)c2ccc(C)cc2)cc1. The number of methoxy groups -OCH3 is 1. The van der Waals surface area contributed by atoms with E-state index >= 15 is 0 Å². The van der Waals surface area contributed by atoms with Crippen LogP contribution in [0.25, 0.3) is 0 Å². The van der Waals surface area contributed by atoms with E-state index in [9.17, 15) is 13.2 Å². The molecule has 0 fully saturated rings. The maximum absolute atomic E-state index is 13.1. The van der Waals surface area contributed by atoms with Crippen molar-refractivity contribution < 1.29 is 22.4 Å². The summed E-state index contributed by atoms with van der Waals surface area (Å²) in [4.78, 5) is 12.6. The van der Waals surface area contributed by atoms with Crippen molar-refractivity contribution in [2.75, 3.05) is 13.7 Å². The van der Waals surface area contributed by atoms with E-state index < -0.39 is 15.1 Å². The van der Waals surface area contributed by atoms with Crippen LogP contribution < -0.4 is 10.1 Å². The largest absolute Gasteiger partial charge is 0.497 e. The zero-order valence-electron chi connectivity index (χ0n) is 15.6. The third kappa shape index (κ3) is 4.26. The molecular weight excluding hydrogens is 378 g/mol. The molecule has 0 aliphatic carbocycles. The topological polar surface area (TPSA) is 85.6 Å². The predicted octanol–water partition coefficient (Wildman–Crippen LogP) is 3.54. The number of furan rings is 1. The molecule has 1 heterocycles. The summed E-state index contributed by atoms with van der Waals surface area (Å²) in [7, 11) is -2.22. The summed E-state index contributed by atoms with van der Waals surface area (Å²) < 4.78 is 36.7. The van der Waals surface area contributed by atoms with Crippen LogP contribution in [-0.2, 0) is 9.84 Å². The summed E-state index contributed by atoms with van der Waals surface area (Å²) in [6, 6.07) is 16.4. The molecule has 0 aliphatic rings. The van der Waals surface area contributed by atoms with Gasteiger partial charge < -0.3 is 14.5 Å². The van der Waals surface area contributed by atoms with Crippen molar-refractivity contribution in [2.45, 2.75) is 17.1 Å². The van der Waals surface area contributed by atoms with Gasteiger partial charge in [0.05, 0.1) is 18.3 Å². The number of benzene rings is 2. The minimum Gasteiger partial charge on any atom is -0.497 e. The van der Waals surface area contributed by atoms with Gasteiger partial charge in [-0.3, -0.25) is 4.79 Å². The molecule has 6 nitrogen and oxygen atoms in total. The molecule has 0 spiro atoms. The highest BCUT2D eigenvalue weighted by molar-refractivity contribution is 7.91. The van der Waals surface area contributed by atoms with Gasteiger partial charge in [-0.05, 0) is 55.5 Å². The Bertz CT molecular complexity index is 1020. The second kappa shape index (κ2) is 8.31. The lowest BCUT2D eigenvalue weighted by Gasteiger charge is -2.17. The molecule has 28 heavy (non-hydrogen) atoms. The van der Waals surface area contributed by atoms with Crippen LogP contribution in [0, 0.1) is 6.92 Å². The van der Waals surface area contributed by atoms with E-state index in [1.54, 1.807) is 67.8 Å². The van der Waals surface area contributed by atoms with Crippen molar-refractivity contribution in [1.82, 2.24) is 5.32 Å². The Morgan fingerprint density at radius 2 is 1.75 bits per heavy atom. The predicted molar refractivity (Wildman–Crippen MR) is 105 cm³/mol. The first-order valence-corrected chi connectivity index (χ1v) is 10.2. The van der Waals surface area contributed by atoms with Crippen molar-refractivity contribution in [3.05, 3.63) is 83.8 Å². The Morgan fingerprint density at radius 3 is 2.32 bits per heavy atom. The maximum Gasteiger partial charge on any atom is 0.251 e. The molecule has 1 aromatic heterocycles. The van der Waals surface area contributed by atoms with Gasteiger partial charge in [-0.2, -0.15) is 0 Å². The van der Waals surface area contributed by atoms with Crippen molar-refractivity contribution >= 4 is 15.7 Å². The van der Waals surface area contributed by atoms with Crippen LogP contribution in [0.1, 0.15) is 26.9 Å². The molecule has 3 rings (SSSR count). The van der Waals surface area contributed by atoms with Gasteiger partial charge in [0.25, 0.3) is 5.91 Å². The highest BCUT2D eigenvalue weighted by Gasteiger charge is 2.31. The number of hydrogen-bond donors (Lipinski definition) is 1. The minimum absolute atomic E-state index is 0.116. The van der Waals surface area contributed by atoms with E-state index in [1.165, 1.54) is 6.26 Å². The van der Waals surface area contributed by atoms with E-state index in [0.29, 0.717) is 11.3 Å². The third-order valence-corrected chi connectivity index (χ3v) is 6.46. The van der Waals surface area contributed by atoms with Gasteiger partial charge >= 0.3 is 0 Å². The number of carbonyl (C=O) groups is 1. The van der Waals surface area contributed by atoms with Crippen molar-refractivity contribution in [1.29, 1.82) is 0 Å². The average Bonchev–Trinajstić information content (AvgIpc) is 3.22. The minimum atomic E-state index is -3.76. The summed E-state index contributed by atoms with van der Waals surface area (Å²) in [6.07, 6.45) is 1.41. The van der Waals surface area contributed by atoms with Gasteiger partial charge in [0.15, 0.2) is 9.84 Å². The summed E-state index contributed by atoms with van der Waals surface area (Å²) in [5.74, 6) is 0.529. The van der Waals surface area contributed by atoms with E-state index in [4.69, 9.17) is 9.15 Å². The van der Waals surface area contributed by atoms with Gasteiger partial charge in [-0.15, -0.1) is 0 Å². The van der Waals surface area contributed by atoms with Gasteiger partial charge in [0.1, 0.15) is 16.8 Å². The highest BCUT2D eigenvalue weighted by atomic mass is 32.2. The summed E-state index contributed by atoms with van der Waals surface area (Å²) in [5.41, 5.74) is 1.37. The van der Waals surface area contributed by atoms with Crippen LogP contribution in [0.3, 0.4) is 0 Å². The Hall–Kier alpha value is -3.06. The number of hydrogen-bond acceptors (Lipinski definition) is 5. The standard InChI is InChI=1S/C21H21NO5S/c1-15-5-11-18(12-6-15)28(24,25)20(19-4-3-13-27-19)14-22-21(23)16-7-9-17(26-2)10-8-16/h3-13,20H,14H2,1-2H3,(H,22,23)/t20-/m0/s1. The molecule has 1 N–H and O–H groups in total. The normalized spacial score (nSPS) is 12.4. The molecule has 1 atom stereocenters. The Morgan fingerprint density at radius 1 is 1.07 bits per heavy atom. The fraction of sp³-hybridized carbons (Fsp3) is 0.190. The average molecular weight is 399 g/mol. The molecule has 0 aliphatic heterocycles. The number of aryl methyl sites for hydroxylation is 1. The molecule has 3 aromatic rings. The quantitative estimate of drug-likeness (QED) is 0.657. The molecule has 1 amide bonds. The van der Waals surface area contributed by atoms with Crippen LogP contribution in [-0.4, -0.2) is 28.0 Å². The molecule has 7 heteroatoms. The zero-order valence-corrected chi connectivity index (χ0v) is 16.4. The van der Waals surface area contributed by atoms with Crippen molar-refractivity contribution in [3.63, 3.8) is 0 Å². The number of rotatable bonds is 7. The third-order valence-electron chi connectivity index (χ3n) is 4.38. The summed E-state index contributed by atoms with van der Waals surface area (Å²) >= 11 is 0. The Labute approximate surface area is 164 Å². The molecule has 2 aromatic carbocycles.